The van der Waals surface area contributed by atoms with Crippen LogP contribution in [0.4, 0.5) is 10.1 Å². The monoisotopic (exact) mass is 819 g/mol. The van der Waals surface area contributed by atoms with E-state index in [2.05, 4.69) is 65.6 Å². The average Bonchev–Trinajstić information content (AvgIpc) is 3.73. The summed E-state index contributed by atoms with van der Waals surface area (Å²) in [6.45, 7) is 10.8. The zero-order valence-electron chi connectivity index (χ0n) is 34.3. The Hall–Kier alpha value is -5.28. The van der Waals surface area contributed by atoms with Gasteiger partial charge < -0.3 is 24.8 Å². The summed E-state index contributed by atoms with van der Waals surface area (Å²) in [6, 6.07) is 10.5. The molecule has 0 bridgehead atoms. The number of carbonyl (C=O) groups is 4. The Labute approximate surface area is 349 Å². The Morgan fingerprint density at radius 3 is 2.35 bits per heavy atom. The number of allylic oxidation sites excluding steroid dienone is 2. The largest absolute Gasteiger partial charge is 0.488 e. The number of piperazine rings is 1. The number of halogens is 1. The lowest BCUT2D eigenvalue weighted by atomic mass is 9.90. The van der Waals surface area contributed by atoms with Gasteiger partial charge in [-0.15, -0.1) is 0 Å². The molecule has 1 unspecified atom stereocenters. The van der Waals surface area contributed by atoms with Crippen molar-refractivity contribution in [3.63, 3.8) is 0 Å². The number of anilines is 1. The van der Waals surface area contributed by atoms with Crippen LogP contribution in [0.5, 0.6) is 5.75 Å². The highest BCUT2D eigenvalue weighted by molar-refractivity contribution is 6.23. The summed E-state index contributed by atoms with van der Waals surface area (Å²) in [6.07, 6.45) is 9.86. The minimum Gasteiger partial charge on any atom is -0.488 e. The summed E-state index contributed by atoms with van der Waals surface area (Å²) >= 11 is 0. The van der Waals surface area contributed by atoms with Crippen molar-refractivity contribution in [3.05, 3.63) is 71.2 Å². The van der Waals surface area contributed by atoms with Gasteiger partial charge in [0.05, 0.1) is 22.3 Å². The standard InChI is InChI=1S/C45H54FN9O5/c1-44(11-12-44)60-32-3-5-36-35(26-32)40(50-49-36)30-8-15-47-38(24-30)54-22-20-52(21-23-54)28-45(46)13-18-51(19-14-45)27-29-9-16-53(17-10-29)31-2-4-33-34(25-31)43(59)55(42(33)58)37-6-7-39(56)48-41(37)57/h2-5,8,24-26,29,37,47H,6-7,9-23,27-28H2,1H3,(H,49,50)(H,48,56,57). The molecule has 6 aliphatic heterocycles. The SMILES string of the molecule is CC1(Oc2ccc3[nH]nc(C4=CCNC(N5CCN(CC6(F)CCN(CC7CCN(c8ccc9c(c8)C(=O)N(C8CCC(=O)NC8=O)C9=O)CC7)CC6)CC5)=C4)c3c2)CC1. The van der Waals surface area contributed by atoms with Crippen LogP contribution in [0.3, 0.4) is 0 Å². The van der Waals surface area contributed by atoms with Gasteiger partial charge in [0, 0.05) is 95.1 Å². The molecular formula is C45H54FN9O5. The molecular weight excluding hydrogens is 766 g/mol. The zero-order valence-corrected chi connectivity index (χ0v) is 34.3. The van der Waals surface area contributed by atoms with Gasteiger partial charge in [0.15, 0.2) is 0 Å². The van der Waals surface area contributed by atoms with Gasteiger partial charge in [-0.1, -0.05) is 6.08 Å². The molecule has 3 N–H and O–H groups in total. The third kappa shape index (κ3) is 7.66. The number of H-pyrrole nitrogens is 1. The fraction of sp³-hybridized carbons (Fsp3) is 0.533. The molecule has 2 aromatic carbocycles. The van der Waals surface area contributed by atoms with E-state index in [9.17, 15) is 19.2 Å². The van der Waals surface area contributed by atoms with Crippen molar-refractivity contribution >= 4 is 45.8 Å². The van der Waals surface area contributed by atoms with Crippen LogP contribution in [-0.4, -0.2) is 143 Å². The number of dihydropyridines is 1. The van der Waals surface area contributed by atoms with E-state index in [1.54, 1.807) is 12.1 Å². The van der Waals surface area contributed by atoms with E-state index in [0.717, 1.165) is 135 Å². The summed E-state index contributed by atoms with van der Waals surface area (Å²) in [7, 11) is 0. The van der Waals surface area contributed by atoms with Gasteiger partial charge in [-0.25, -0.2) is 4.39 Å². The van der Waals surface area contributed by atoms with Gasteiger partial charge in [0.1, 0.15) is 28.9 Å². The highest BCUT2D eigenvalue weighted by Crippen LogP contribution is 2.41. The molecule has 1 aliphatic carbocycles. The van der Waals surface area contributed by atoms with E-state index < -0.39 is 35.3 Å². The number of benzene rings is 2. The van der Waals surface area contributed by atoms with Crippen LogP contribution in [0.25, 0.3) is 16.5 Å². The number of aromatic nitrogens is 2. The summed E-state index contributed by atoms with van der Waals surface area (Å²) < 4.78 is 22.6. The first-order chi connectivity index (χ1) is 29.0. The van der Waals surface area contributed by atoms with E-state index in [1.165, 1.54) is 0 Å². The highest BCUT2D eigenvalue weighted by Gasteiger charge is 2.45. The fourth-order valence-electron chi connectivity index (χ4n) is 9.97. The number of imide groups is 2. The minimum absolute atomic E-state index is 0.0421. The quantitative estimate of drug-likeness (QED) is 0.255. The number of hydrogen-bond donors (Lipinski definition) is 3. The van der Waals surface area contributed by atoms with E-state index in [1.807, 2.05) is 18.2 Å². The number of hydrogen-bond acceptors (Lipinski definition) is 11. The number of alkyl halides is 1. The summed E-state index contributed by atoms with van der Waals surface area (Å²) in [5.74, 6) is 0.511. The molecule has 14 nitrogen and oxygen atoms in total. The van der Waals surface area contributed by atoms with Crippen LogP contribution in [0.1, 0.15) is 84.7 Å². The van der Waals surface area contributed by atoms with Crippen molar-refractivity contribution in [2.24, 2.45) is 5.92 Å². The van der Waals surface area contributed by atoms with E-state index >= 15 is 4.39 Å². The molecule has 5 fully saturated rings. The minimum atomic E-state index is -1.18. The first-order valence-electron chi connectivity index (χ1n) is 21.8. The van der Waals surface area contributed by atoms with Crippen LogP contribution in [0.2, 0.25) is 0 Å². The van der Waals surface area contributed by atoms with Crippen LogP contribution in [0.15, 0.2) is 54.4 Å². The predicted octanol–water partition coefficient (Wildman–Crippen LogP) is 4.06. The predicted molar refractivity (Wildman–Crippen MR) is 224 cm³/mol. The second kappa shape index (κ2) is 15.3. The number of amides is 4. The van der Waals surface area contributed by atoms with Crippen molar-refractivity contribution in [1.29, 1.82) is 0 Å². The van der Waals surface area contributed by atoms with E-state index in [-0.39, 0.29) is 18.4 Å². The third-order valence-corrected chi connectivity index (χ3v) is 13.9. The summed E-state index contributed by atoms with van der Waals surface area (Å²) in [5.41, 5.74) is 3.28. The van der Waals surface area contributed by atoms with Gasteiger partial charge in [-0.3, -0.25) is 39.4 Å². The molecule has 7 aliphatic rings. The maximum Gasteiger partial charge on any atom is 0.262 e. The number of rotatable bonds is 10. The van der Waals surface area contributed by atoms with Crippen LogP contribution in [-0.2, 0) is 9.59 Å². The molecule has 0 spiro atoms. The Morgan fingerprint density at radius 2 is 1.60 bits per heavy atom. The second-order valence-electron chi connectivity index (χ2n) is 18.2. The zero-order chi connectivity index (χ0) is 41.2. The Kier molecular flexibility index (Phi) is 9.93. The molecule has 4 saturated heterocycles. The number of likely N-dealkylation sites (tertiary alicyclic amines) is 1. The topological polar surface area (TPSA) is 146 Å². The van der Waals surface area contributed by atoms with Gasteiger partial charge in [-0.05, 0) is 100 Å². The molecule has 15 heteroatoms. The first-order valence-corrected chi connectivity index (χ1v) is 21.8. The maximum atomic E-state index is 16.3. The lowest BCUT2D eigenvalue weighted by Gasteiger charge is -2.44. The van der Waals surface area contributed by atoms with Gasteiger partial charge >= 0.3 is 0 Å². The molecule has 316 valence electrons. The van der Waals surface area contributed by atoms with Crippen molar-refractivity contribution in [2.45, 2.75) is 75.6 Å². The Bertz CT molecular complexity index is 2280. The van der Waals surface area contributed by atoms with Crippen LogP contribution >= 0.6 is 0 Å². The van der Waals surface area contributed by atoms with E-state index in [4.69, 9.17) is 4.74 Å². The number of carbonyl (C=O) groups excluding carboxylic acids is 4. The first kappa shape index (κ1) is 38.9. The van der Waals surface area contributed by atoms with Gasteiger partial charge in [0.25, 0.3) is 11.8 Å². The molecule has 1 saturated carbocycles. The number of fused-ring (bicyclic) bond motifs is 2. The molecule has 10 rings (SSSR count). The van der Waals surface area contributed by atoms with Crippen molar-refractivity contribution in [3.8, 4) is 5.75 Å². The lowest BCUT2D eigenvalue weighted by molar-refractivity contribution is -0.136. The smallest absolute Gasteiger partial charge is 0.262 e. The molecule has 4 amide bonds. The Balaban J connectivity index is 0.673. The van der Waals surface area contributed by atoms with Crippen molar-refractivity contribution in [2.75, 3.05) is 76.9 Å². The molecule has 3 aromatic rings. The number of ether oxygens (including phenoxy) is 1. The van der Waals surface area contributed by atoms with Gasteiger partial charge in [-0.2, -0.15) is 5.10 Å². The van der Waals surface area contributed by atoms with Crippen molar-refractivity contribution in [1.82, 2.24) is 40.4 Å². The average molecular weight is 820 g/mol. The normalized spacial score (nSPS) is 24.9. The summed E-state index contributed by atoms with van der Waals surface area (Å²) in [4.78, 5) is 61.0. The molecule has 7 heterocycles. The second-order valence-corrected chi connectivity index (χ2v) is 18.2. The van der Waals surface area contributed by atoms with Crippen LogP contribution < -0.4 is 20.3 Å². The number of nitrogens with zero attached hydrogens (tertiary/aromatic N) is 6. The number of piperidine rings is 3. The van der Waals surface area contributed by atoms with E-state index in [0.29, 0.717) is 36.4 Å². The molecule has 60 heavy (non-hydrogen) atoms. The maximum absolute atomic E-state index is 16.3. The fourth-order valence-corrected chi connectivity index (χ4v) is 9.97. The van der Waals surface area contributed by atoms with Crippen LogP contribution in [0, 0.1) is 5.92 Å². The number of nitrogens with one attached hydrogen (secondary N) is 3. The Morgan fingerprint density at radius 1 is 0.833 bits per heavy atom. The number of aromatic amines is 1. The molecule has 1 atom stereocenters. The highest BCUT2D eigenvalue weighted by atomic mass is 19.1. The molecule has 0 radical (unpaired) electrons. The summed E-state index contributed by atoms with van der Waals surface area (Å²) in [5, 5.41) is 14.8. The molecule has 1 aromatic heterocycles. The van der Waals surface area contributed by atoms with Gasteiger partial charge in [0.2, 0.25) is 11.8 Å². The lowest BCUT2D eigenvalue weighted by Crippen LogP contribution is -2.54. The van der Waals surface area contributed by atoms with Crippen molar-refractivity contribution < 1.29 is 28.3 Å². The third-order valence-electron chi connectivity index (χ3n) is 13.9.